The van der Waals surface area contributed by atoms with Gasteiger partial charge in [-0.25, -0.2) is 0 Å². The quantitative estimate of drug-likeness (QED) is 0.765. The summed E-state index contributed by atoms with van der Waals surface area (Å²) in [5.41, 5.74) is 0.823. The molecule has 0 radical (unpaired) electrons. The molecule has 0 heterocycles. The zero-order chi connectivity index (χ0) is 10.7. The van der Waals surface area contributed by atoms with Crippen LogP contribution in [0.2, 0.25) is 0 Å². The molecule has 0 bridgehead atoms. The van der Waals surface area contributed by atoms with Gasteiger partial charge in [-0.15, -0.1) is 0 Å². The van der Waals surface area contributed by atoms with Crippen LogP contribution in [-0.4, -0.2) is 35.3 Å². The van der Waals surface area contributed by atoms with Gasteiger partial charge in [-0.05, 0) is 38.7 Å². The summed E-state index contributed by atoms with van der Waals surface area (Å²) in [5.74, 6) is 0.221. The summed E-state index contributed by atoms with van der Waals surface area (Å²) >= 11 is 0. The van der Waals surface area contributed by atoms with Gasteiger partial charge in [-0.3, -0.25) is 0 Å². The van der Waals surface area contributed by atoms with Crippen molar-refractivity contribution in [2.24, 2.45) is 0 Å². The van der Waals surface area contributed by atoms with Crippen molar-refractivity contribution in [2.75, 3.05) is 14.1 Å². The van der Waals surface area contributed by atoms with Crippen LogP contribution in [0.15, 0.2) is 24.3 Å². The van der Waals surface area contributed by atoms with Gasteiger partial charge in [0.15, 0.2) is 0 Å². The van der Waals surface area contributed by atoms with Crippen LogP contribution < -0.4 is 0 Å². The Hall–Kier alpha value is -1.06. The Morgan fingerprint density at radius 1 is 1.14 bits per heavy atom. The van der Waals surface area contributed by atoms with E-state index in [2.05, 4.69) is 0 Å². The molecule has 1 unspecified atom stereocenters. The summed E-state index contributed by atoms with van der Waals surface area (Å²) in [7, 11) is 3.85. The Balaban J connectivity index is 2.78. The molecule has 0 fully saturated rings. The first-order valence-corrected chi connectivity index (χ1v) is 4.66. The second-order valence-electron chi connectivity index (χ2n) is 3.74. The van der Waals surface area contributed by atoms with E-state index in [1.165, 1.54) is 0 Å². The highest BCUT2D eigenvalue weighted by Gasteiger charge is 2.17. The lowest BCUT2D eigenvalue weighted by molar-refractivity contribution is 0.0858. The summed E-state index contributed by atoms with van der Waals surface area (Å²) in [6.07, 6.45) is -0.523. The van der Waals surface area contributed by atoms with Gasteiger partial charge >= 0.3 is 0 Å². The minimum Gasteiger partial charge on any atom is -0.508 e. The molecule has 0 saturated carbocycles. The van der Waals surface area contributed by atoms with Gasteiger partial charge < -0.3 is 15.1 Å². The maximum atomic E-state index is 9.93. The van der Waals surface area contributed by atoms with E-state index in [1.54, 1.807) is 24.3 Å². The predicted molar refractivity (Wildman–Crippen MR) is 56.2 cm³/mol. The number of phenols is 1. The zero-order valence-corrected chi connectivity index (χ0v) is 8.81. The summed E-state index contributed by atoms with van der Waals surface area (Å²) in [6.45, 7) is 1.96. The molecule has 0 saturated heterocycles. The number of likely N-dealkylation sites (N-methyl/N-ethyl adjacent to an activating group) is 1. The monoisotopic (exact) mass is 195 g/mol. The largest absolute Gasteiger partial charge is 0.508 e. The number of benzene rings is 1. The Bertz CT molecular complexity index is 282. The molecule has 3 heteroatoms. The molecule has 0 aromatic heterocycles. The molecule has 0 aliphatic carbocycles. The lowest BCUT2D eigenvalue weighted by Gasteiger charge is -2.25. The van der Waals surface area contributed by atoms with Crippen molar-refractivity contribution in [3.05, 3.63) is 29.8 Å². The SMILES string of the molecule is CC([C@H](O)c1ccc(O)cc1)N(C)C. The molecular weight excluding hydrogens is 178 g/mol. The van der Waals surface area contributed by atoms with E-state index >= 15 is 0 Å². The summed E-state index contributed by atoms with van der Waals surface area (Å²) in [5, 5.41) is 19.0. The fourth-order valence-corrected chi connectivity index (χ4v) is 1.23. The normalized spacial score (nSPS) is 15.5. The highest BCUT2D eigenvalue weighted by molar-refractivity contribution is 5.27. The van der Waals surface area contributed by atoms with Crippen LogP contribution in [0.25, 0.3) is 0 Å². The van der Waals surface area contributed by atoms with Crippen molar-refractivity contribution in [1.82, 2.24) is 4.90 Å². The molecular formula is C11H17NO2. The summed E-state index contributed by atoms with van der Waals surface area (Å²) in [4.78, 5) is 1.96. The van der Waals surface area contributed by atoms with E-state index in [-0.39, 0.29) is 11.8 Å². The Labute approximate surface area is 84.6 Å². The summed E-state index contributed by atoms with van der Waals surface area (Å²) < 4.78 is 0. The number of rotatable bonds is 3. The van der Waals surface area contributed by atoms with E-state index in [9.17, 15) is 5.11 Å². The van der Waals surface area contributed by atoms with Crippen LogP contribution in [0.3, 0.4) is 0 Å². The smallest absolute Gasteiger partial charge is 0.115 e. The fourth-order valence-electron chi connectivity index (χ4n) is 1.23. The van der Waals surface area contributed by atoms with Crippen LogP contribution in [0.5, 0.6) is 5.75 Å². The minimum atomic E-state index is -0.523. The molecule has 0 aliphatic heterocycles. The van der Waals surface area contributed by atoms with E-state index in [0.717, 1.165) is 5.56 Å². The third kappa shape index (κ3) is 2.47. The Morgan fingerprint density at radius 3 is 2.07 bits per heavy atom. The lowest BCUT2D eigenvalue weighted by Crippen LogP contribution is -2.30. The van der Waals surface area contributed by atoms with Crippen molar-refractivity contribution in [3.8, 4) is 5.75 Å². The van der Waals surface area contributed by atoms with Crippen molar-refractivity contribution < 1.29 is 10.2 Å². The molecule has 0 aliphatic rings. The molecule has 1 rings (SSSR count). The van der Waals surface area contributed by atoms with Crippen molar-refractivity contribution >= 4 is 0 Å². The first-order valence-electron chi connectivity index (χ1n) is 4.66. The van der Waals surface area contributed by atoms with Crippen molar-refractivity contribution in [2.45, 2.75) is 19.1 Å². The van der Waals surface area contributed by atoms with Gasteiger partial charge in [0.2, 0.25) is 0 Å². The van der Waals surface area contributed by atoms with Crippen LogP contribution in [0, 0.1) is 0 Å². The topological polar surface area (TPSA) is 43.7 Å². The minimum absolute atomic E-state index is 0.0551. The highest BCUT2D eigenvalue weighted by atomic mass is 16.3. The number of nitrogens with zero attached hydrogens (tertiary/aromatic N) is 1. The number of aliphatic hydroxyl groups is 1. The van der Waals surface area contributed by atoms with Gasteiger partial charge in [0.05, 0.1) is 6.10 Å². The van der Waals surface area contributed by atoms with E-state index in [0.29, 0.717) is 0 Å². The van der Waals surface area contributed by atoms with Gasteiger partial charge in [-0.1, -0.05) is 12.1 Å². The molecule has 0 spiro atoms. The summed E-state index contributed by atoms with van der Waals surface area (Å²) in [6, 6.07) is 6.70. The van der Waals surface area contributed by atoms with Gasteiger partial charge in [0.25, 0.3) is 0 Å². The standard InChI is InChI=1S/C11H17NO2/c1-8(12(2)3)11(14)9-4-6-10(13)7-5-9/h4-8,11,13-14H,1-3H3/t8?,11-/m0/s1. The third-order valence-corrected chi connectivity index (χ3v) is 2.51. The molecule has 78 valence electrons. The maximum Gasteiger partial charge on any atom is 0.115 e. The van der Waals surface area contributed by atoms with E-state index < -0.39 is 6.10 Å². The van der Waals surface area contributed by atoms with Crippen LogP contribution in [0.4, 0.5) is 0 Å². The van der Waals surface area contributed by atoms with Crippen LogP contribution in [-0.2, 0) is 0 Å². The molecule has 2 atom stereocenters. The van der Waals surface area contributed by atoms with E-state index in [1.807, 2.05) is 25.9 Å². The fraction of sp³-hybridized carbons (Fsp3) is 0.455. The van der Waals surface area contributed by atoms with Crippen molar-refractivity contribution in [3.63, 3.8) is 0 Å². The second-order valence-corrected chi connectivity index (χ2v) is 3.74. The Kier molecular flexibility index (Phi) is 3.49. The number of aromatic hydroxyl groups is 1. The molecule has 2 N–H and O–H groups in total. The second kappa shape index (κ2) is 4.44. The third-order valence-electron chi connectivity index (χ3n) is 2.51. The Morgan fingerprint density at radius 2 is 1.64 bits per heavy atom. The molecule has 1 aromatic carbocycles. The van der Waals surface area contributed by atoms with Gasteiger partial charge in [0.1, 0.15) is 5.75 Å². The van der Waals surface area contributed by atoms with E-state index in [4.69, 9.17) is 5.11 Å². The van der Waals surface area contributed by atoms with Crippen molar-refractivity contribution in [1.29, 1.82) is 0 Å². The number of hydrogen-bond acceptors (Lipinski definition) is 3. The molecule has 1 aromatic rings. The first kappa shape index (κ1) is 11.0. The first-order chi connectivity index (χ1) is 6.52. The highest BCUT2D eigenvalue weighted by Crippen LogP contribution is 2.21. The molecule has 3 nitrogen and oxygen atoms in total. The molecule has 0 amide bonds. The average molecular weight is 195 g/mol. The van der Waals surface area contributed by atoms with Crippen LogP contribution >= 0.6 is 0 Å². The van der Waals surface area contributed by atoms with Crippen LogP contribution in [0.1, 0.15) is 18.6 Å². The predicted octanol–water partition coefficient (Wildman–Crippen LogP) is 1.38. The zero-order valence-electron chi connectivity index (χ0n) is 8.81. The maximum absolute atomic E-state index is 9.93. The number of hydrogen-bond donors (Lipinski definition) is 2. The van der Waals surface area contributed by atoms with Gasteiger partial charge in [-0.2, -0.15) is 0 Å². The molecule has 14 heavy (non-hydrogen) atoms. The average Bonchev–Trinajstić information content (AvgIpc) is 2.16. The number of aliphatic hydroxyl groups excluding tert-OH is 1. The number of phenolic OH excluding ortho intramolecular Hbond substituents is 1. The van der Waals surface area contributed by atoms with Gasteiger partial charge in [0, 0.05) is 6.04 Å². The lowest BCUT2D eigenvalue weighted by atomic mass is 10.0.